The molecule has 0 radical (unpaired) electrons. The molecular weight excluding hydrogens is 278 g/mol. The van der Waals surface area contributed by atoms with Gasteiger partial charge in [-0.3, -0.25) is 4.79 Å². The summed E-state index contributed by atoms with van der Waals surface area (Å²) in [5, 5.41) is 2.60. The monoisotopic (exact) mass is 293 g/mol. The molecule has 0 N–H and O–H groups in total. The van der Waals surface area contributed by atoms with Gasteiger partial charge in [-0.2, -0.15) is 0 Å². The highest BCUT2D eigenvalue weighted by molar-refractivity contribution is 7.09. The molecule has 2 aromatic rings. The zero-order valence-corrected chi connectivity index (χ0v) is 12.4. The lowest BCUT2D eigenvalue weighted by atomic mass is 10.1. The van der Waals surface area contributed by atoms with E-state index in [4.69, 9.17) is 11.6 Å². The number of benzene rings is 1. The summed E-state index contributed by atoms with van der Waals surface area (Å²) in [7, 11) is 2.03. The number of carbonyl (C=O) groups is 1. The third-order valence-electron chi connectivity index (χ3n) is 2.90. The molecule has 100 valence electrons. The van der Waals surface area contributed by atoms with Gasteiger partial charge in [0.25, 0.3) is 0 Å². The molecule has 19 heavy (non-hydrogen) atoms. The van der Waals surface area contributed by atoms with Crippen LogP contribution < -0.4 is 0 Å². The second-order valence-corrected chi connectivity index (χ2v) is 5.91. The summed E-state index contributed by atoms with van der Waals surface area (Å²) in [5.41, 5.74) is 0.619. The van der Waals surface area contributed by atoms with Crippen LogP contribution in [0.15, 0.2) is 41.8 Å². The Kier molecular flexibility index (Phi) is 5.14. The zero-order chi connectivity index (χ0) is 13.7. The summed E-state index contributed by atoms with van der Waals surface area (Å²) in [4.78, 5) is 15.5. The maximum atomic E-state index is 12.1. The summed E-state index contributed by atoms with van der Waals surface area (Å²) >= 11 is 7.75. The zero-order valence-electron chi connectivity index (χ0n) is 10.8. The van der Waals surface area contributed by atoms with Crippen molar-refractivity contribution in [3.05, 3.63) is 57.2 Å². The van der Waals surface area contributed by atoms with Crippen molar-refractivity contribution in [2.45, 2.75) is 13.0 Å². The third kappa shape index (κ3) is 4.16. The highest BCUT2D eigenvalue weighted by Gasteiger charge is 2.11. The molecule has 0 aliphatic rings. The first-order valence-corrected chi connectivity index (χ1v) is 7.41. The lowest BCUT2D eigenvalue weighted by molar-refractivity contribution is 0.0968. The molecule has 0 aliphatic carbocycles. The molecule has 4 heteroatoms. The Hall–Kier alpha value is -1.16. The Morgan fingerprint density at radius 3 is 2.74 bits per heavy atom. The van der Waals surface area contributed by atoms with Crippen molar-refractivity contribution >= 4 is 28.7 Å². The lowest BCUT2D eigenvalue weighted by Crippen LogP contribution is -2.21. The number of rotatable bonds is 6. The second-order valence-electron chi connectivity index (χ2n) is 4.47. The maximum absolute atomic E-state index is 12.1. The van der Waals surface area contributed by atoms with Gasteiger partial charge in [0, 0.05) is 30.0 Å². The first kappa shape index (κ1) is 14.3. The van der Waals surface area contributed by atoms with Crippen LogP contribution in [-0.2, 0) is 6.54 Å². The van der Waals surface area contributed by atoms with Crippen molar-refractivity contribution in [3.8, 4) is 0 Å². The first-order valence-electron chi connectivity index (χ1n) is 6.15. The fraction of sp³-hybridized carbons (Fsp3) is 0.267. The standard InChI is InChI=1S/C15H16ClNOS/c1-17(11-12-5-4-10-19-12)9-8-15(18)13-6-2-3-7-14(13)16/h2-7,10H,8-9,11H2,1H3. The van der Waals surface area contributed by atoms with Crippen LogP contribution >= 0.6 is 22.9 Å². The molecular formula is C15H16ClNOS. The van der Waals surface area contributed by atoms with Crippen molar-refractivity contribution in [1.82, 2.24) is 4.90 Å². The third-order valence-corrected chi connectivity index (χ3v) is 4.09. The summed E-state index contributed by atoms with van der Waals surface area (Å²) < 4.78 is 0. The summed E-state index contributed by atoms with van der Waals surface area (Å²) in [6.45, 7) is 1.62. The van der Waals surface area contributed by atoms with E-state index in [0.717, 1.165) is 13.1 Å². The van der Waals surface area contributed by atoms with E-state index in [1.54, 1.807) is 23.5 Å². The minimum atomic E-state index is 0.101. The Morgan fingerprint density at radius 2 is 2.05 bits per heavy atom. The van der Waals surface area contributed by atoms with Crippen LogP contribution in [0.4, 0.5) is 0 Å². The number of Topliss-reactive ketones (excluding diaryl/α,β-unsaturated/α-hetero) is 1. The van der Waals surface area contributed by atoms with Crippen LogP contribution in [-0.4, -0.2) is 24.3 Å². The minimum Gasteiger partial charge on any atom is -0.301 e. The van der Waals surface area contributed by atoms with Crippen molar-refractivity contribution in [1.29, 1.82) is 0 Å². The highest BCUT2D eigenvalue weighted by atomic mass is 35.5. The molecule has 0 atom stereocenters. The number of hydrogen-bond donors (Lipinski definition) is 0. The predicted molar refractivity (Wildman–Crippen MR) is 81.1 cm³/mol. The molecule has 0 spiro atoms. The molecule has 2 rings (SSSR count). The van der Waals surface area contributed by atoms with E-state index < -0.39 is 0 Å². The Bertz CT molecular complexity index is 539. The average Bonchev–Trinajstić information content (AvgIpc) is 2.89. The van der Waals surface area contributed by atoms with Crippen LogP contribution in [0.5, 0.6) is 0 Å². The Balaban J connectivity index is 1.85. The molecule has 2 nitrogen and oxygen atoms in total. The van der Waals surface area contributed by atoms with E-state index >= 15 is 0 Å². The van der Waals surface area contributed by atoms with E-state index in [1.165, 1.54) is 4.88 Å². The number of carbonyl (C=O) groups excluding carboxylic acids is 1. The number of halogens is 1. The molecule has 0 bridgehead atoms. The fourth-order valence-electron chi connectivity index (χ4n) is 1.86. The quantitative estimate of drug-likeness (QED) is 0.747. The number of ketones is 1. The molecule has 0 fully saturated rings. The largest absolute Gasteiger partial charge is 0.301 e. The van der Waals surface area contributed by atoms with E-state index in [2.05, 4.69) is 16.3 Å². The molecule has 0 saturated heterocycles. The van der Waals surface area contributed by atoms with Crippen LogP contribution in [0.1, 0.15) is 21.7 Å². The molecule has 0 saturated carbocycles. The first-order chi connectivity index (χ1) is 9.16. The molecule has 1 heterocycles. The second kappa shape index (κ2) is 6.85. The van der Waals surface area contributed by atoms with Gasteiger partial charge in [-0.15, -0.1) is 11.3 Å². The molecule has 1 aromatic heterocycles. The van der Waals surface area contributed by atoms with E-state index in [1.807, 2.05) is 25.2 Å². The van der Waals surface area contributed by atoms with Crippen LogP contribution in [0.3, 0.4) is 0 Å². The topological polar surface area (TPSA) is 20.3 Å². The Morgan fingerprint density at radius 1 is 1.26 bits per heavy atom. The SMILES string of the molecule is CN(CCC(=O)c1ccccc1Cl)Cc1cccs1. The molecule has 0 aliphatic heterocycles. The smallest absolute Gasteiger partial charge is 0.165 e. The van der Waals surface area contributed by atoms with Gasteiger partial charge in [-0.25, -0.2) is 0 Å². The van der Waals surface area contributed by atoms with Gasteiger partial charge in [0.15, 0.2) is 5.78 Å². The summed E-state index contributed by atoms with van der Waals surface area (Å²) in [5.74, 6) is 0.101. The van der Waals surface area contributed by atoms with Crippen molar-refractivity contribution in [2.24, 2.45) is 0 Å². The molecule has 1 aromatic carbocycles. The van der Waals surface area contributed by atoms with Gasteiger partial charge in [0.1, 0.15) is 0 Å². The summed E-state index contributed by atoms with van der Waals surface area (Å²) in [6, 6.07) is 11.4. The van der Waals surface area contributed by atoms with Gasteiger partial charge >= 0.3 is 0 Å². The van der Waals surface area contributed by atoms with E-state index in [-0.39, 0.29) is 5.78 Å². The normalized spacial score (nSPS) is 10.9. The number of hydrogen-bond acceptors (Lipinski definition) is 3. The van der Waals surface area contributed by atoms with Gasteiger partial charge in [0.05, 0.1) is 5.02 Å². The van der Waals surface area contributed by atoms with Gasteiger partial charge in [-0.05, 0) is 30.6 Å². The van der Waals surface area contributed by atoms with E-state index in [0.29, 0.717) is 17.0 Å². The Labute approximate surface area is 122 Å². The lowest BCUT2D eigenvalue weighted by Gasteiger charge is -2.15. The maximum Gasteiger partial charge on any atom is 0.165 e. The fourth-order valence-corrected chi connectivity index (χ4v) is 2.89. The van der Waals surface area contributed by atoms with Crippen molar-refractivity contribution in [2.75, 3.05) is 13.6 Å². The van der Waals surface area contributed by atoms with Crippen molar-refractivity contribution in [3.63, 3.8) is 0 Å². The number of nitrogens with zero attached hydrogens (tertiary/aromatic N) is 1. The van der Waals surface area contributed by atoms with Gasteiger partial charge < -0.3 is 4.90 Å². The molecule has 0 amide bonds. The van der Waals surface area contributed by atoms with Gasteiger partial charge in [0.2, 0.25) is 0 Å². The molecule has 0 unspecified atom stereocenters. The van der Waals surface area contributed by atoms with E-state index in [9.17, 15) is 4.79 Å². The van der Waals surface area contributed by atoms with Crippen molar-refractivity contribution < 1.29 is 4.79 Å². The van der Waals surface area contributed by atoms with Crippen LogP contribution in [0.25, 0.3) is 0 Å². The van der Waals surface area contributed by atoms with Crippen LogP contribution in [0.2, 0.25) is 5.02 Å². The number of thiophene rings is 1. The average molecular weight is 294 g/mol. The predicted octanol–water partition coefficient (Wildman–Crippen LogP) is 4.11. The highest BCUT2D eigenvalue weighted by Crippen LogP contribution is 2.17. The van der Waals surface area contributed by atoms with Crippen LogP contribution in [0, 0.1) is 0 Å². The van der Waals surface area contributed by atoms with Gasteiger partial charge in [-0.1, -0.05) is 29.8 Å². The minimum absolute atomic E-state index is 0.101. The summed E-state index contributed by atoms with van der Waals surface area (Å²) in [6.07, 6.45) is 0.492.